The molecular weight excluding hydrogens is 326 g/mol. The topological polar surface area (TPSA) is 71.8 Å². The number of pyridine rings is 1. The normalized spacial score (nSPS) is 10.6. The van der Waals surface area contributed by atoms with Gasteiger partial charge in [-0.05, 0) is 38.0 Å². The summed E-state index contributed by atoms with van der Waals surface area (Å²) in [4.78, 5) is 20.9. The fourth-order valence-electron chi connectivity index (χ4n) is 2.91. The first kappa shape index (κ1) is 17.7. The van der Waals surface area contributed by atoms with Crippen LogP contribution in [0.5, 0.6) is 0 Å². The number of carbonyl (C=O) groups is 1. The van der Waals surface area contributed by atoms with Gasteiger partial charge in [0.15, 0.2) is 0 Å². The van der Waals surface area contributed by atoms with E-state index in [4.69, 9.17) is 0 Å². The van der Waals surface area contributed by atoms with Crippen molar-refractivity contribution in [1.29, 1.82) is 0 Å². The highest BCUT2D eigenvalue weighted by atomic mass is 16.1. The van der Waals surface area contributed by atoms with Gasteiger partial charge in [-0.2, -0.15) is 0 Å². The molecule has 0 bridgehead atoms. The highest BCUT2D eigenvalue weighted by Gasteiger charge is 2.10. The highest BCUT2D eigenvalue weighted by molar-refractivity contribution is 5.81. The summed E-state index contributed by atoms with van der Waals surface area (Å²) in [6.07, 6.45) is 5.34. The molecule has 0 fully saturated rings. The van der Waals surface area contributed by atoms with E-state index in [1.165, 1.54) is 0 Å². The lowest BCUT2D eigenvalue weighted by Gasteiger charge is -2.14. The molecule has 1 amide bonds. The molecule has 3 rings (SSSR count). The molecule has 2 N–H and O–H groups in total. The van der Waals surface area contributed by atoms with Gasteiger partial charge >= 0.3 is 0 Å². The van der Waals surface area contributed by atoms with Gasteiger partial charge in [0.1, 0.15) is 11.6 Å². The van der Waals surface area contributed by atoms with E-state index in [0.29, 0.717) is 6.54 Å². The molecule has 6 nitrogen and oxygen atoms in total. The summed E-state index contributed by atoms with van der Waals surface area (Å²) in [5.74, 6) is 1.57. The van der Waals surface area contributed by atoms with E-state index in [9.17, 15) is 4.79 Å². The zero-order chi connectivity index (χ0) is 18.5. The van der Waals surface area contributed by atoms with E-state index in [0.717, 1.165) is 34.0 Å². The number of carbonyl (C=O) groups excluding carboxylic acids is 1. The number of amides is 1. The van der Waals surface area contributed by atoms with Crippen LogP contribution in [0.25, 0.3) is 5.82 Å². The number of aryl methyl sites for hydroxylation is 3. The van der Waals surface area contributed by atoms with Gasteiger partial charge in [-0.1, -0.05) is 24.3 Å². The molecule has 0 atom stereocenters. The van der Waals surface area contributed by atoms with Crippen molar-refractivity contribution in [2.24, 2.45) is 0 Å². The second-order valence-electron chi connectivity index (χ2n) is 6.23. The van der Waals surface area contributed by atoms with Crippen LogP contribution in [0.1, 0.15) is 22.5 Å². The van der Waals surface area contributed by atoms with Crippen LogP contribution in [-0.4, -0.2) is 27.0 Å². The largest absolute Gasteiger partial charge is 0.376 e. The minimum atomic E-state index is -0.0650. The third-order valence-corrected chi connectivity index (χ3v) is 4.30. The Morgan fingerprint density at radius 3 is 2.50 bits per heavy atom. The predicted molar refractivity (Wildman–Crippen MR) is 102 cm³/mol. The lowest BCUT2D eigenvalue weighted by Crippen LogP contribution is -2.30. The molecule has 0 aliphatic rings. The standard InChI is InChI=1S/C20H23N5O/c1-14-6-4-7-15(2)19(14)24-13-18(26)23-12-17-8-5-9-22-20(17)25-11-10-21-16(25)3/h4-11,24H,12-13H2,1-3H3,(H,23,26). The molecule has 0 spiro atoms. The second kappa shape index (κ2) is 7.82. The Balaban J connectivity index is 1.63. The van der Waals surface area contributed by atoms with E-state index >= 15 is 0 Å². The maximum atomic E-state index is 12.3. The maximum absolute atomic E-state index is 12.3. The van der Waals surface area contributed by atoms with Crippen LogP contribution in [0.4, 0.5) is 5.69 Å². The van der Waals surface area contributed by atoms with Crippen LogP contribution < -0.4 is 10.6 Å². The van der Waals surface area contributed by atoms with Crippen molar-refractivity contribution in [2.75, 3.05) is 11.9 Å². The first-order chi connectivity index (χ1) is 12.6. The minimum Gasteiger partial charge on any atom is -0.376 e. The number of benzene rings is 1. The number of hydrogen-bond donors (Lipinski definition) is 2. The Labute approximate surface area is 153 Å². The number of imidazole rings is 1. The summed E-state index contributed by atoms with van der Waals surface area (Å²) in [7, 11) is 0. The first-order valence-electron chi connectivity index (χ1n) is 8.57. The summed E-state index contributed by atoms with van der Waals surface area (Å²) >= 11 is 0. The van der Waals surface area contributed by atoms with Gasteiger partial charge in [0, 0.05) is 36.4 Å². The number of anilines is 1. The van der Waals surface area contributed by atoms with Crippen molar-refractivity contribution >= 4 is 11.6 Å². The molecule has 6 heteroatoms. The highest BCUT2D eigenvalue weighted by Crippen LogP contribution is 2.19. The Morgan fingerprint density at radius 1 is 1.04 bits per heavy atom. The van der Waals surface area contributed by atoms with Gasteiger partial charge in [-0.3, -0.25) is 9.36 Å². The zero-order valence-corrected chi connectivity index (χ0v) is 15.3. The molecule has 26 heavy (non-hydrogen) atoms. The van der Waals surface area contributed by atoms with Crippen LogP contribution in [-0.2, 0) is 11.3 Å². The van der Waals surface area contributed by atoms with E-state index in [1.807, 2.05) is 61.9 Å². The number of rotatable bonds is 6. The van der Waals surface area contributed by atoms with Crippen molar-refractivity contribution in [3.8, 4) is 5.82 Å². The molecule has 134 valence electrons. The zero-order valence-electron chi connectivity index (χ0n) is 15.3. The lowest BCUT2D eigenvalue weighted by atomic mass is 10.1. The van der Waals surface area contributed by atoms with Gasteiger partial charge in [0.25, 0.3) is 0 Å². The van der Waals surface area contributed by atoms with Crippen molar-refractivity contribution < 1.29 is 4.79 Å². The van der Waals surface area contributed by atoms with Crippen LogP contribution >= 0.6 is 0 Å². The Morgan fingerprint density at radius 2 is 1.81 bits per heavy atom. The Kier molecular flexibility index (Phi) is 5.31. The fraction of sp³-hybridized carbons (Fsp3) is 0.250. The summed E-state index contributed by atoms with van der Waals surface area (Å²) in [6.45, 7) is 6.62. The lowest BCUT2D eigenvalue weighted by molar-refractivity contribution is -0.119. The predicted octanol–water partition coefficient (Wildman–Crippen LogP) is 2.92. The van der Waals surface area contributed by atoms with E-state index in [1.54, 1.807) is 12.4 Å². The number of para-hydroxylation sites is 1. The molecule has 3 aromatic rings. The molecule has 0 aliphatic heterocycles. The third-order valence-electron chi connectivity index (χ3n) is 4.30. The molecule has 2 heterocycles. The Hall–Kier alpha value is -3.15. The average molecular weight is 349 g/mol. The molecule has 0 radical (unpaired) electrons. The van der Waals surface area contributed by atoms with Gasteiger partial charge in [0.2, 0.25) is 5.91 Å². The number of hydrogen-bond acceptors (Lipinski definition) is 4. The van der Waals surface area contributed by atoms with Gasteiger partial charge in [-0.25, -0.2) is 9.97 Å². The van der Waals surface area contributed by atoms with E-state index < -0.39 is 0 Å². The number of aromatic nitrogens is 3. The van der Waals surface area contributed by atoms with Gasteiger partial charge in [0.05, 0.1) is 6.54 Å². The Bertz CT molecular complexity index is 896. The summed E-state index contributed by atoms with van der Waals surface area (Å²) in [5.41, 5.74) is 4.21. The monoisotopic (exact) mass is 349 g/mol. The van der Waals surface area contributed by atoms with Crippen LogP contribution in [0.2, 0.25) is 0 Å². The summed E-state index contributed by atoms with van der Waals surface area (Å²) in [5, 5.41) is 6.18. The number of nitrogens with one attached hydrogen (secondary N) is 2. The molecule has 0 saturated heterocycles. The molecule has 2 aromatic heterocycles. The summed E-state index contributed by atoms with van der Waals surface area (Å²) < 4.78 is 1.91. The molecule has 1 aromatic carbocycles. The molecule has 0 saturated carbocycles. The molecule has 0 unspecified atom stereocenters. The van der Waals surface area contributed by atoms with Crippen LogP contribution in [0, 0.1) is 20.8 Å². The molecule has 0 aliphatic carbocycles. The van der Waals surface area contributed by atoms with Gasteiger partial charge < -0.3 is 10.6 Å². The van der Waals surface area contributed by atoms with Crippen LogP contribution in [0.3, 0.4) is 0 Å². The fourth-order valence-corrected chi connectivity index (χ4v) is 2.91. The molecular formula is C20H23N5O. The van der Waals surface area contributed by atoms with Crippen molar-refractivity contribution in [2.45, 2.75) is 27.3 Å². The SMILES string of the molecule is Cc1cccc(C)c1NCC(=O)NCc1cccnc1-n1ccnc1C. The van der Waals surface area contributed by atoms with Crippen molar-refractivity contribution in [3.05, 3.63) is 71.4 Å². The quantitative estimate of drug-likeness (QED) is 0.718. The maximum Gasteiger partial charge on any atom is 0.239 e. The first-order valence-corrected chi connectivity index (χ1v) is 8.57. The van der Waals surface area contributed by atoms with Crippen LogP contribution in [0.15, 0.2) is 48.9 Å². The summed E-state index contributed by atoms with van der Waals surface area (Å²) in [6, 6.07) is 9.90. The number of nitrogens with zero attached hydrogens (tertiary/aromatic N) is 3. The minimum absolute atomic E-state index is 0.0650. The van der Waals surface area contributed by atoms with Gasteiger partial charge in [-0.15, -0.1) is 0 Å². The van der Waals surface area contributed by atoms with Crippen molar-refractivity contribution in [1.82, 2.24) is 19.9 Å². The average Bonchev–Trinajstić information content (AvgIpc) is 3.05. The second-order valence-corrected chi connectivity index (χ2v) is 6.23. The third kappa shape index (κ3) is 3.91. The van der Waals surface area contributed by atoms with Crippen molar-refractivity contribution in [3.63, 3.8) is 0 Å². The smallest absolute Gasteiger partial charge is 0.239 e. The van der Waals surface area contributed by atoms with E-state index in [-0.39, 0.29) is 12.5 Å². The van der Waals surface area contributed by atoms with E-state index in [2.05, 4.69) is 20.6 Å².